The third-order valence-corrected chi connectivity index (χ3v) is 7.78. The number of aliphatic hydroxyl groups excluding tert-OH is 1. The van der Waals surface area contributed by atoms with Crippen molar-refractivity contribution in [1.82, 2.24) is 9.88 Å². The highest BCUT2D eigenvalue weighted by Crippen LogP contribution is 2.40. The Bertz CT molecular complexity index is 1310. The summed E-state index contributed by atoms with van der Waals surface area (Å²) in [4.78, 5) is 21.8. The number of rotatable bonds is 4. The van der Waals surface area contributed by atoms with Crippen LogP contribution in [0.3, 0.4) is 0 Å². The van der Waals surface area contributed by atoms with Crippen molar-refractivity contribution in [1.29, 1.82) is 5.26 Å². The van der Waals surface area contributed by atoms with Gasteiger partial charge in [0.2, 0.25) is 0 Å². The van der Waals surface area contributed by atoms with Crippen LogP contribution >= 0.6 is 0 Å². The van der Waals surface area contributed by atoms with Crippen LogP contribution in [0.1, 0.15) is 41.6 Å². The molecule has 1 amide bonds. The molecule has 36 heavy (non-hydrogen) atoms. The normalized spacial score (nSPS) is 19.2. The highest BCUT2D eigenvalue weighted by molar-refractivity contribution is 6.07. The number of hydrogen-bond donors (Lipinski definition) is 2. The lowest BCUT2D eigenvalue weighted by atomic mass is 9.74. The molecule has 7 nitrogen and oxygen atoms in total. The molecule has 3 heterocycles. The summed E-state index contributed by atoms with van der Waals surface area (Å²) in [7, 11) is 0. The third kappa shape index (κ3) is 4.29. The molecule has 2 aromatic carbocycles. The predicted octanol–water partition coefficient (Wildman–Crippen LogP) is 3.40. The molecule has 5 rings (SSSR count). The second kappa shape index (κ2) is 9.49. The maximum Gasteiger partial charge on any atom is 0.257 e. The van der Waals surface area contributed by atoms with Gasteiger partial charge < -0.3 is 20.0 Å². The number of carbonyl (C=O) groups is 1. The largest absolute Gasteiger partial charge is 0.393 e. The lowest BCUT2D eigenvalue weighted by molar-refractivity contribution is -0.0546. The average molecular weight is 489 g/mol. The van der Waals surface area contributed by atoms with E-state index in [2.05, 4.69) is 16.0 Å². The second-order valence-electron chi connectivity index (χ2n) is 9.90. The van der Waals surface area contributed by atoms with Crippen molar-refractivity contribution in [3.8, 4) is 6.07 Å². The van der Waals surface area contributed by atoms with Crippen LogP contribution in [0.2, 0.25) is 0 Å². The van der Waals surface area contributed by atoms with Gasteiger partial charge in [-0.1, -0.05) is 30.3 Å². The molecule has 2 N–H and O–H groups in total. The van der Waals surface area contributed by atoms with Crippen molar-refractivity contribution in [2.45, 2.75) is 36.7 Å². The number of carbonyl (C=O) groups excluding carboxylic acids is 1. The molecule has 8 heteroatoms. The number of benzene rings is 2. The van der Waals surface area contributed by atoms with E-state index in [-0.39, 0.29) is 25.4 Å². The smallest absolute Gasteiger partial charge is 0.257 e. The SMILES string of the molecule is N#CC1(c2ccccc2)CCN(c2c(C(=O)N3CCC(O)(CO)CC3)cnc3ccc(F)cc23)CC1. The maximum atomic E-state index is 14.4. The van der Waals surface area contributed by atoms with Crippen molar-refractivity contribution in [2.24, 2.45) is 0 Å². The molecular formula is C28H29FN4O3. The highest BCUT2D eigenvalue weighted by Gasteiger charge is 2.39. The van der Waals surface area contributed by atoms with E-state index in [0.717, 1.165) is 5.56 Å². The summed E-state index contributed by atoms with van der Waals surface area (Å²) in [6.07, 6.45) is 3.27. The van der Waals surface area contributed by atoms with Crippen LogP contribution in [0.15, 0.2) is 54.7 Å². The molecule has 3 aromatic rings. The van der Waals surface area contributed by atoms with Crippen LogP contribution in [0.25, 0.3) is 10.9 Å². The van der Waals surface area contributed by atoms with Crippen LogP contribution in [0.4, 0.5) is 10.1 Å². The molecular weight excluding hydrogens is 459 g/mol. The summed E-state index contributed by atoms with van der Waals surface area (Å²) in [5, 5.41) is 30.5. The van der Waals surface area contributed by atoms with Crippen LogP contribution < -0.4 is 4.90 Å². The molecule has 2 saturated heterocycles. The van der Waals surface area contributed by atoms with Crippen molar-refractivity contribution in [3.05, 3.63) is 71.7 Å². The standard InChI is InChI=1S/C28H29FN4O3/c29-21-6-7-24-22(16-21)25(23(17-31-24)26(35)33-14-10-28(36,19-34)11-15-33)32-12-8-27(18-30,9-13-32)20-4-2-1-3-5-20/h1-7,16-17,34,36H,8-15,19H2. The number of anilines is 1. The first-order valence-electron chi connectivity index (χ1n) is 12.3. The van der Waals surface area contributed by atoms with Gasteiger partial charge in [0.25, 0.3) is 5.91 Å². The number of amides is 1. The summed E-state index contributed by atoms with van der Waals surface area (Å²) >= 11 is 0. The number of halogens is 1. The molecule has 2 aliphatic heterocycles. The van der Waals surface area contributed by atoms with Gasteiger partial charge >= 0.3 is 0 Å². The van der Waals surface area contributed by atoms with E-state index >= 15 is 0 Å². The fourth-order valence-corrected chi connectivity index (χ4v) is 5.44. The summed E-state index contributed by atoms with van der Waals surface area (Å²) in [5.74, 6) is -0.641. The number of nitrogens with zero attached hydrogens (tertiary/aromatic N) is 4. The molecule has 2 aliphatic rings. The van der Waals surface area contributed by atoms with Crippen LogP contribution in [0, 0.1) is 17.1 Å². The van der Waals surface area contributed by atoms with Gasteiger partial charge in [0.15, 0.2) is 0 Å². The van der Waals surface area contributed by atoms with Gasteiger partial charge in [-0.15, -0.1) is 0 Å². The molecule has 0 atom stereocenters. The first-order chi connectivity index (χ1) is 17.4. The Balaban J connectivity index is 1.49. The molecule has 0 spiro atoms. The lowest BCUT2D eigenvalue weighted by Crippen LogP contribution is -2.49. The summed E-state index contributed by atoms with van der Waals surface area (Å²) < 4.78 is 14.4. The first-order valence-corrected chi connectivity index (χ1v) is 12.3. The molecule has 0 aliphatic carbocycles. The third-order valence-electron chi connectivity index (χ3n) is 7.78. The first kappa shape index (κ1) is 24.2. The Kier molecular flexibility index (Phi) is 6.37. The van der Waals surface area contributed by atoms with Crippen LogP contribution in [-0.2, 0) is 5.41 Å². The van der Waals surface area contributed by atoms with E-state index in [0.29, 0.717) is 61.2 Å². The quantitative estimate of drug-likeness (QED) is 0.584. The van der Waals surface area contributed by atoms with Gasteiger partial charge in [-0.05, 0) is 49.4 Å². The molecule has 0 unspecified atom stereocenters. The van der Waals surface area contributed by atoms with E-state index in [1.165, 1.54) is 12.1 Å². The zero-order valence-electron chi connectivity index (χ0n) is 20.0. The van der Waals surface area contributed by atoms with Crippen molar-refractivity contribution in [2.75, 3.05) is 37.7 Å². The minimum absolute atomic E-state index is 0.233. The monoisotopic (exact) mass is 488 g/mol. The van der Waals surface area contributed by atoms with Gasteiger partial charge in [-0.25, -0.2) is 4.39 Å². The molecule has 2 fully saturated rings. The van der Waals surface area contributed by atoms with E-state index in [1.54, 1.807) is 17.2 Å². The Labute approximate surface area is 209 Å². The summed E-state index contributed by atoms with van der Waals surface area (Å²) in [6.45, 7) is 1.34. The number of pyridine rings is 1. The molecule has 0 saturated carbocycles. The predicted molar refractivity (Wildman–Crippen MR) is 134 cm³/mol. The number of hydrogen-bond acceptors (Lipinski definition) is 6. The minimum atomic E-state index is -1.17. The topological polar surface area (TPSA) is 101 Å². The van der Waals surface area contributed by atoms with Crippen molar-refractivity contribution in [3.63, 3.8) is 0 Å². The van der Waals surface area contributed by atoms with Gasteiger partial charge in [0.05, 0.1) is 40.5 Å². The number of aromatic nitrogens is 1. The highest BCUT2D eigenvalue weighted by atomic mass is 19.1. The van der Waals surface area contributed by atoms with E-state index in [9.17, 15) is 24.7 Å². The van der Waals surface area contributed by atoms with E-state index < -0.39 is 16.8 Å². The average Bonchev–Trinajstić information content (AvgIpc) is 2.93. The Hall–Kier alpha value is -3.54. The summed E-state index contributed by atoms with van der Waals surface area (Å²) in [5.41, 5.74) is 0.807. The number of likely N-dealkylation sites (tertiary alicyclic amines) is 1. The van der Waals surface area contributed by atoms with Crippen molar-refractivity contribution >= 4 is 22.5 Å². The van der Waals surface area contributed by atoms with E-state index in [1.807, 2.05) is 30.3 Å². The fourth-order valence-electron chi connectivity index (χ4n) is 5.44. The Morgan fingerprint density at radius 1 is 1.06 bits per heavy atom. The Morgan fingerprint density at radius 3 is 2.39 bits per heavy atom. The number of fused-ring (bicyclic) bond motifs is 1. The van der Waals surface area contributed by atoms with Gasteiger partial charge in [-0.3, -0.25) is 9.78 Å². The zero-order valence-corrected chi connectivity index (χ0v) is 20.0. The molecule has 0 bridgehead atoms. The summed E-state index contributed by atoms with van der Waals surface area (Å²) in [6, 6.07) is 16.7. The minimum Gasteiger partial charge on any atom is -0.393 e. The fraction of sp³-hybridized carbons (Fsp3) is 0.393. The molecule has 186 valence electrons. The van der Waals surface area contributed by atoms with Gasteiger partial charge in [0, 0.05) is 37.8 Å². The molecule has 0 radical (unpaired) electrons. The van der Waals surface area contributed by atoms with Crippen LogP contribution in [0.5, 0.6) is 0 Å². The molecule has 1 aromatic heterocycles. The Morgan fingerprint density at radius 2 is 1.75 bits per heavy atom. The van der Waals surface area contributed by atoms with Crippen molar-refractivity contribution < 1.29 is 19.4 Å². The number of aliphatic hydroxyl groups is 2. The number of piperidine rings is 2. The zero-order chi connectivity index (χ0) is 25.3. The van der Waals surface area contributed by atoms with E-state index in [4.69, 9.17) is 0 Å². The maximum absolute atomic E-state index is 14.4. The lowest BCUT2D eigenvalue weighted by Gasteiger charge is -2.40. The van der Waals surface area contributed by atoms with Gasteiger partial charge in [-0.2, -0.15) is 5.26 Å². The van der Waals surface area contributed by atoms with Gasteiger partial charge in [0.1, 0.15) is 5.82 Å². The van der Waals surface area contributed by atoms with Crippen LogP contribution in [-0.4, -0.2) is 64.4 Å². The second-order valence-corrected chi connectivity index (χ2v) is 9.90. The number of nitriles is 1.